The maximum absolute atomic E-state index is 13.1. The number of hydrogen-bond acceptors (Lipinski definition) is 3. The molecule has 0 saturated heterocycles. The Hall–Kier alpha value is -2.62. The fourth-order valence-electron chi connectivity index (χ4n) is 2.31. The van der Waals surface area contributed by atoms with Crippen molar-refractivity contribution in [3.05, 3.63) is 60.4 Å². The highest BCUT2D eigenvalue weighted by Crippen LogP contribution is 2.26. The monoisotopic (exact) mass is 404 g/mol. The van der Waals surface area contributed by atoms with Gasteiger partial charge in [-0.25, -0.2) is 12.8 Å². The molecule has 0 spiro atoms. The lowest BCUT2D eigenvalue weighted by Gasteiger charge is -2.29. The molecule has 1 atom stereocenters. The van der Waals surface area contributed by atoms with Gasteiger partial charge in [-0.1, -0.05) is 18.2 Å². The summed E-state index contributed by atoms with van der Waals surface area (Å²) < 4.78 is 76.9. The Bertz CT molecular complexity index is 885. The molecule has 0 unspecified atom stereocenters. The molecule has 2 rings (SSSR count). The fourth-order valence-corrected chi connectivity index (χ4v) is 3.93. The van der Waals surface area contributed by atoms with Crippen molar-refractivity contribution in [3.63, 3.8) is 0 Å². The maximum Gasteiger partial charge on any atom is 0.405 e. The number of rotatable bonds is 6. The van der Waals surface area contributed by atoms with E-state index in [0.717, 1.165) is 24.3 Å². The average molecular weight is 404 g/mol. The van der Waals surface area contributed by atoms with Crippen LogP contribution in [-0.2, 0) is 14.8 Å². The molecule has 0 aliphatic rings. The number of nitrogens with zero attached hydrogens (tertiary/aromatic N) is 1. The molecule has 1 amide bonds. The van der Waals surface area contributed by atoms with E-state index in [0.29, 0.717) is 4.31 Å². The van der Waals surface area contributed by atoms with Crippen LogP contribution in [0, 0.1) is 5.82 Å². The summed E-state index contributed by atoms with van der Waals surface area (Å²) in [7, 11) is -4.34. The summed E-state index contributed by atoms with van der Waals surface area (Å²) in [5.41, 5.74) is 0.0801. The summed E-state index contributed by atoms with van der Waals surface area (Å²) in [5.74, 6) is -1.78. The van der Waals surface area contributed by atoms with Gasteiger partial charge < -0.3 is 5.32 Å². The molecule has 0 aliphatic heterocycles. The normalized spacial score (nSPS) is 13.1. The molecular formula is C17H16F4N2O3S. The second-order valence-electron chi connectivity index (χ2n) is 5.60. The summed E-state index contributed by atoms with van der Waals surface area (Å²) in [6.07, 6.45) is -4.64. The first-order chi connectivity index (χ1) is 12.5. The topological polar surface area (TPSA) is 66.5 Å². The molecule has 0 saturated carbocycles. The minimum atomic E-state index is -4.64. The third kappa shape index (κ3) is 5.19. The van der Waals surface area contributed by atoms with Gasteiger partial charge in [0.2, 0.25) is 5.91 Å². The Morgan fingerprint density at radius 1 is 1.07 bits per heavy atom. The van der Waals surface area contributed by atoms with Gasteiger partial charge in [-0.3, -0.25) is 9.10 Å². The average Bonchev–Trinajstić information content (AvgIpc) is 2.60. The Labute approximate surface area is 153 Å². The molecule has 0 heterocycles. The van der Waals surface area contributed by atoms with Crippen molar-refractivity contribution in [2.75, 3.05) is 10.8 Å². The number of alkyl halides is 3. The maximum atomic E-state index is 13.1. The molecule has 0 bridgehead atoms. The number of nitrogens with one attached hydrogen (secondary N) is 1. The van der Waals surface area contributed by atoms with Gasteiger partial charge in [-0.15, -0.1) is 0 Å². The second kappa shape index (κ2) is 7.95. The SMILES string of the molecule is C[C@H](C(=O)NCC(F)(F)F)N(c1ccccc1)S(=O)(=O)c1ccc(F)cc1. The lowest BCUT2D eigenvalue weighted by atomic mass is 10.2. The predicted octanol–water partition coefficient (Wildman–Crippen LogP) is 3.09. The smallest absolute Gasteiger partial charge is 0.345 e. The third-order valence-corrected chi connectivity index (χ3v) is 5.49. The first-order valence-electron chi connectivity index (χ1n) is 7.72. The van der Waals surface area contributed by atoms with Crippen LogP contribution in [0.3, 0.4) is 0 Å². The summed E-state index contributed by atoms with van der Waals surface area (Å²) in [4.78, 5) is 11.9. The summed E-state index contributed by atoms with van der Waals surface area (Å²) in [6.45, 7) is -0.421. The summed E-state index contributed by atoms with van der Waals surface area (Å²) in [5, 5.41) is 1.68. The molecule has 146 valence electrons. The molecule has 0 aromatic heterocycles. The number of sulfonamides is 1. The van der Waals surface area contributed by atoms with E-state index in [1.54, 1.807) is 11.4 Å². The highest BCUT2D eigenvalue weighted by Gasteiger charge is 2.35. The van der Waals surface area contributed by atoms with Gasteiger partial charge in [0.25, 0.3) is 10.0 Å². The van der Waals surface area contributed by atoms with E-state index < -0.39 is 40.5 Å². The highest BCUT2D eigenvalue weighted by molar-refractivity contribution is 7.92. The predicted molar refractivity (Wildman–Crippen MR) is 91.0 cm³/mol. The van der Waals surface area contributed by atoms with Crippen LogP contribution in [0.25, 0.3) is 0 Å². The van der Waals surface area contributed by atoms with Gasteiger partial charge >= 0.3 is 6.18 Å². The lowest BCUT2D eigenvalue weighted by molar-refractivity contribution is -0.138. The third-order valence-electron chi connectivity index (χ3n) is 3.58. The lowest BCUT2D eigenvalue weighted by Crippen LogP contribution is -2.49. The number of carbonyl (C=O) groups is 1. The van der Waals surface area contributed by atoms with Crippen LogP contribution in [0.2, 0.25) is 0 Å². The first-order valence-corrected chi connectivity index (χ1v) is 9.16. The van der Waals surface area contributed by atoms with Crippen LogP contribution in [0.1, 0.15) is 6.92 Å². The fraction of sp³-hybridized carbons (Fsp3) is 0.235. The Morgan fingerprint density at radius 3 is 2.15 bits per heavy atom. The summed E-state index contributed by atoms with van der Waals surface area (Å²) in [6, 6.07) is 9.86. The molecular weight excluding hydrogens is 388 g/mol. The zero-order valence-electron chi connectivity index (χ0n) is 14.1. The first kappa shape index (κ1) is 20.7. The van der Waals surface area contributed by atoms with Crippen LogP contribution in [0.4, 0.5) is 23.2 Å². The van der Waals surface area contributed by atoms with Gasteiger partial charge in [0.1, 0.15) is 18.4 Å². The number of benzene rings is 2. The van der Waals surface area contributed by atoms with E-state index in [9.17, 15) is 30.8 Å². The van der Waals surface area contributed by atoms with E-state index >= 15 is 0 Å². The standard InChI is InChI=1S/C17H16F4N2O3S/c1-12(16(24)22-11-17(19,20)21)23(14-5-3-2-4-6-14)27(25,26)15-9-7-13(18)8-10-15/h2-10,12H,11H2,1H3,(H,22,24)/t12-/m1/s1. The van der Waals surface area contributed by atoms with Gasteiger partial charge in [0, 0.05) is 0 Å². The minimum absolute atomic E-state index is 0.0801. The summed E-state index contributed by atoms with van der Waals surface area (Å²) >= 11 is 0. The van der Waals surface area contributed by atoms with Gasteiger partial charge in [-0.2, -0.15) is 13.2 Å². The van der Waals surface area contributed by atoms with Crippen molar-refractivity contribution in [1.82, 2.24) is 5.32 Å². The molecule has 2 aromatic carbocycles. The molecule has 2 aromatic rings. The van der Waals surface area contributed by atoms with Crippen molar-refractivity contribution in [1.29, 1.82) is 0 Å². The van der Waals surface area contributed by atoms with Crippen LogP contribution in [-0.4, -0.2) is 33.1 Å². The molecule has 10 heteroatoms. The largest absolute Gasteiger partial charge is 0.405 e. The van der Waals surface area contributed by atoms with Crippen molar-refractivity contribution >= 4 is 21.6 Å². The van der Waals surface area contributed by atoms with E-state index in [4.69, 9.17) is 0 Å². The van der Waals surface area contributed by atoms with Crippen molar-refractivity contribution in [2.24, 2.45) is 0 Å². The van der Waals surface area contributed by atoms with E-state index in [1.807, 2.05) is 0 Å². The van der Waals surface area contributed by atoms with Crippen LogP contribution < -0.4 is 9.62 Å². The number of hydrogen-bond donors (Lipinski definition) is 1. The van der Waals surface area contributed by atoms with Crippen molar-refractivity contribution in [3.8, 4) is 0 Å². The van der Waals surface area contributed by atoms with Crippen LogP contribution >= 0.6 is 0 Å². The Morgan fingerprint density at radius 2 is 1.63 bits per heavy atom. The number of halogens is 4. The minimum Gasteiger partial charge on any atom is -0.345 e. The molecule has 0 fully saturated rings. The number of amides is 1. The van der Waals surface area contributed by atoms with Gasteiger partial charge in [0.15, 0.2) is 0 Å². The van der Waals surface area contributed by atoms with Crippen LogP contribution in [0.5, 0.6) is 0 Å². The van der Waals surface area contributed by atoms with Gasteiger partial charge in [0.05, 0.1) is 10.6 Å². The van der Waals surface area contributed by atoms with Crippen molar-refractivity contribution in [2.45, 2.75) is 24.0 Å². The Kier molecular flexibility index (Phi) is 6.09. The highest BCUT2D eigenvalue weighted by atomic mass is 32.2. The van der Waals surface area contributed by atoms with E-state index in [2.05, 4.69) is 0 Å². The molecule has 1 N–H and O–H groups in total. The second-order valence-corrected chi connectivity index (χ2v) is 7.41. The zero-order chi connectivity index (χ0) is 20.2. The number of carbonyl (C=O) groups excluding carboxylic acids is 1. The molecule has 0 aliphatic carbocycles. The quantitative estimate of drug-likeness (QED) is 0.753. The molecule has 5 nitrogen and oxygen atoms in total. The van der Waals surface area contributed by atoms with Crippen molar-refractivity contribution < 1.29 is 30.8 Å². The van der Waals surface area contributed by atoms with E-state index in [-0.39, 0.29) is 10.6 Å². The molecule has 0 radical (unpaired) electrons. The van der Waals surface area contributed by atoms with Crippen LogP contribution in [0.15, 0.2) is 59.5 Å². The van der Waals surface area contributed by atoms with Gasteiger partial charge in [-0.05, 0) is 43.3 Å². The number of para-hydroxylation sites is 1. The number of anilines is 1. The molecule has 27 heavy (non-hydrogen) atoms. The zero-order valence-corrected chi connectivity index (χ0v) is 14.9. The Balaban J connectivity index is 2.43. The van der Waals surface area contributed by atoms with E-state index in [1.165, 1.54) is 31.2 Å².